The van der Waals surface area contributed by atoms with E-state index in [1.54, 1.807) is 52.8 Å². The maximum absolute atomic E-state index is 13.3. The van der Waals surface area contributed by atoms with Crippen LogP contribution in [0, 0.1) is 5.92 Å². The molecule has 0 aliphatic carbocycles. The molecule has 0 saturated heterocycles. The zero-order valence-corrected chi connectivity index (χ0v) is 24.6. The third kappa shape index (κ3) is 12.4. The van der Waals surface area contributed by atoms with Crippen LogP contribution in [0.1, 0.15) is 58.6 Å². The molecule has 0 aliphatic rings. The third-order valence-corrected chi connectivity index (χ3v) is 5.86. The quantitative estimate of drug-likeness (QED) is 0.151. The van der Waals surface area contributed by atoms with Crippen LogP contribution in [0.3, 0.4) is 0 Å². The van der Waals surface area contributed by atoms with Crippen molar-refractivity contribution in [2.45, 2.75) is 77.6 Å². The summed E-state index contributed by atoms with van der Waals surface area (Å²) in [6, 6.07) is 2.16. The molecule has 0 saturated carbocycles. The van der Waals surface area contributed by atoms with Crippen molar-refractivity contribution in [1.82, 2.24) is 20.9 Å². The minimum atomic E-state index is -1.12. The van der Waals surface area contributed by atoms with E-state index in [0.717, 1.165) is 4.90 Å². The lowest BCUT2D eigenvalue weighted by Gasteiger charge is -2.27. The first-order valence-electron chi connectivity index (χ1n) is 12.8. The van der Waals surface area contributed by atoms with E-state index in [2.05, 4.69) is 21.3 Å². The minimum Gasteiger partial charge on any atom is -0.465 e. The van der Waals surface area contributed by atoms with E-state index < -0.39 is 47.7 Å². The number of amides is 6. The summed E-state index contributed by atoms with van der Waals surface area (Å²) in [5.41, 5.74) is 6.01. The molecule has 0 spiro atoms. The lowest BCUT2D eigenvalue weighted by Crippen LogP contribution is -2.55. The number of nitrogens with zero attached hydrogens (tertiary/aromatic N) is 1. The predicted octanol–water partition coefficient (Wildman–Crippen LogP) is 2.96. The summed E-state index contributed by atoms with van der Waals surface area (Å²) in [7, 11) is 1.41. The SMILES string of the molecule is CC(C)[C@@H](NC(=O)OC(C)(C)C)C(=O)N[C@H](CCCNC(N)=O)C(=O)Nc1ccc(CCl)c(CN(C)C(=O)O)c1. The molecule has 1 rings (SSSR count). The Morgan fingerprint density at radius 1 is 1.07 bits per heavy atom. The lowest BCUT2D eigenvalue weighted by atomic mass is 10.0. The van der Waals surface area contributed by atoms with Gasteiger partial charge in [0, 0.05) is 31.7 Å². The number of hydrogen-bond acceptors (Lipinski definition) is 6. The second-order valence-electron chi connectivity index (χ2n) is 10.6. The smallest absolute Gasteiger partial charge is 0.408 e. The first kappa shape index (κ1) is 34.3. The predicted molar refractivity (Wildman–Crippen MR) is 151 cm³/mol. The summed E-state index contributed by atoms with van der Waals surface area (Å²) in [6.45, 7) is 8.79. The van der Waals surface area contributed by atoms with Crippen molar-refractivity contribution < 1.29 is 33.8 Å². The van der Waals surface area contributed by atoms with Gasteiger partial charge in [-0.3, -0.25) is 9.59 Å². The number of rotatable bonds is 13. The zero-order valence-electron chi connectivity index (χ0n) is 23.8. The summed E-state index contributed by atoms with van der Waals surface area (Å²) in [5, 5.41) is 19.6. The van der Waals surface area contributed by atoms with Crippen LogP contribution in [-0.2, 0) is 26.8 Å². The number of nitrogens with one attached hydrogen (secondary N) is 4. The molecule has 7 N–H and O–H groups in total. The summed E-state index contributed by atoms with van der Waals surface area (Å²) < 4.78 is 5.26. The van der Waals surface area contributed by atoms with Crippen LogP contribution in [0.4, 0.5) is 20.1 Å². The average Bonchev–Trinajstić information content (AvgIpc) is 2.82. The second kappa shape index (κ2) is 15.8. The largest absolute Gasteiger partial charge is 0.465 e. The van der Waals surface area contributed by atoms with Gasteiger partial charge in [0.05, 0.1) is 0 Å². The maximum atomic E-state index is 13.3. The Morgan fingerprint density at radius 2 is 1.73 bits per heavy atom. The number of nitrogens with two attached hydrogens (primary N) is 1. The summed E-state index contributed by atoms with van der Waals surface area (Å²) >= 11 is 6.00. The molecule has 1 aromatic carbocycles. The summed E-state index contributed by atoms with van der Waals surface area (Å²) in [6.07, 6.45) is -1.44. The van der Waals surface area contributed by atoms with Gasteiger partial charge in [0.25, 0.3) is 0 Å². The number of carbonyl (C=O) groups is 5. The standard InChI is InChI=1S/C26H41ClN6O7/c1-15(2)20(32-24(37)40-26(3,4)5)22(35)31-19(8-7-11-29-23(28)36)21(34)30-18-10-9-16(13-27)17(12-18)14-33(6)25(38)39/h9-10,12,15,19-20H,7-8,11,13-14H2,1-6H3,(H,30,34)(H,31,35)(H,32,37)(H,38,39)(H3,28,29,36)/t19-,20-/m1/s1. The molecular formula is C26H41ClN6O7. The minimum absolute atomic E-state index is 0.0481. The fraction of sp³-hybridized carbons (Fsp3) is 0.577. The van der Waals surface area contributed by atoms with E-state index in [9.17, 15) is 29.1 Å². The first-order valence-corrected chi connectivity index (χ1v) is 13.3. The van der Waals surface area contributed by atoms with Crippen molar-refractivity contribution in [3.63, 3.8) is 0 Å². The lowest BCUT2D eigenvalue weighted by molar-refractivity contribution is -0.128. The molecule has 1 aromatic rings. The van der Waals surface area contributed by atoms with Crippen LogP contribution >= 0.6 is 11.6 Å². The van der Waals surface area contributed by atoms with Crippen molar-refractivity contribution in [3.8, 4) is 0 Å². The molecule has 0 radical (unpaired) electrons. The Kier molecular flexibility index (Phi) is 13.5. The highest BCUT2D eigenvalue weighted by atomic mass is 35.5. The van der Waals surface area contributed by atoms with Crippen LogP contribution < -0.4 is 27.0 Å². The molecular weight excluding hydrogens is 544 g/mol. The van der Waals surface area contributed by atoms with Gasteiger partial charge in [0.2, 0.25) is 11.8 Å². The maximum Gasteiger partial charge on any atom is 0.408 e. The van der Waals surface area contributed by atoms with E-state index in [4.69, 9.17) is 22.1 Å². The highest BCUT2D eigenvalue weighted by molar-refractivity contribution is 6.17. The summed E-state index contributed by atoms with van der Waals surface area (Å²) in [5.74, 6) is -1.33. The van der Waals surface area contributed by atoms with Gasteiger partial charge in [-0.15, -0.1) is 11.6 Å². The Bertz CT molecular complexity index is 1060. The number of carboxylic acid groups (broad SMARTS) is 1. The van der Waals surface area contributed by atoms with Gasteiger partial charge in [0.15, 0.2) is 0 Å². The van der Waals surface area contributed by atoms with Gasteiger partial charge >= 0.3 is 18.2 Å². The van der Waals surface area contributed by atoms with Gasteiger partial charge in [-0.2, -0.15) is 0 Å². The third-order valence-electron chi connectivity index (χ3n) is 5.57. The van der Waals surface area contributed by atoms with Gasteiger partial charge < -0.3 is 41.7 Å². The molecule has 0 heterocycles. The second-order valence-corrected chi connectivity index (χ2v) is 10.9. The fourth-order valence-electron chi connectivity index (χ4n) is 3.55. The monoisotopic (exact) mass is 584 g/mol. The van der Waals surface area contributed by atoms with Crippen LogP contribution in [-0.4, -0.2) is 71.3 Å². The van der Waals surface area contributed by atoms with Gasteiger partial charge in [-0.05, 0) is 62.8 Å². The van der Waals surface area contributed by atoms with E-state index >= 15 is 0 Å². The number of anilines is 1. The van der Waals surface area contributed by atoms with E-state index in [1.165, 1.54) is 7.05 Å². The van der Waals surface area contributed by atoms with Crippen molar-refractivity contribution in [2.24, 2.45) is 11.7 Å². The van der Waals surface area contributed by atoms with Crippen LogP contribution in [0.2, 0.25) is 0 Å². The van der Waals surface area contributed by atoms with Gasteiger partial charge in [-0.1, -0.05) is 19.9 Å². The topological polar surface area (TPSA) is 192 Å². The number of halogens is 1. The van der Waals surface area contributed by atoms with E-state index in [1.807, 2.05) is 0 Å². The van der Waals surface area contributed by atoms with Crippen molar-refractivity contribution >= 4 is 47.3 Å². The Labute approximate surface area is 239 Å². The molecule has 0 aromatic heterocycles. The Hall–Kier alpha value is -3.74. The number of carbonyl (C=O) groups excluding carboxylic acids is 4. The number of urea groups is 1. The molecule has 0 bridgehead atoms. The molecule has 0 unspecified atom stereocenters. The molecule has 2 atom stereocenters. The number of ether oxygens (including phenoxy) is 1. The number of hydrogen-bond donors (Lipinski definition) is 6. The Balaban J connectivity index is 3.13. The van der Waals surface area contributed by atoms with Crippen molar-refractivity contribution in [2.75, 3.05) is 18.9 Å². The molecule has 13 nitrogen and oxygen atoms in total. The molecule has 0 aliphatic heterocycles. The molecule has 40 heavy (non-hydrogen) atoms. The van der Waals surface area contributed by atoms with Crippen LogP contribution in [0.5, 0.6) is 0 Å². The normalized spacial score (nSPS) is 12.6. The van der Waals surface area contributed by atoms with E-state index in [-0.39, 0.29) is 31.3 Å². The summed E-state index contributed by atoms with van der Waals surface area (Å²) in [4.78, 5) is 62.2. The average molecular weight is 585 g/mol. The van der Waals surface area contributed by atoms with Gasteiger partial charge in [-0.25, -0.2) is 14.4 Å². The van der Waals surface area contributed by atoms with Gasteiger partial charge in [0.1, 0.15) is 17.7 Å². The first-order chi connectivity index (χ1) is 18.5. The van der Waals surface area contributed by atoms with Crippen molar-refractivity contribution in [1.29, 1.82) is 0 Å². The molecule has 0 fully saturated rings. The zero-order chi connectivity index (χ0) is 30.6. The molecule has 224 valence electrons. The molecule has 6 amide bonds. The number of benzene rings is 1. The number of alkyl carbamates (subject to hydrolysis) is 1. The number of alkyl halides is 1. The van der Waals surface area contributed by atoms with E-state index in [0.29, 0.717) is 23.2 Å². The van der Waals surface area contributed by atoms with Crippen LogP contribution in [0.15, 0.2) is 18.2 Å². The van der Waals surface area contributed by atoms with Crippen molar-refractivity contribution in [3.05, 3.63) is 29.3 Å². The fourth-order valence-corrected chi connectivity index (χ4v) is 3.81. The van der Waals surface area contributed by atoms with Crippen LogP contribution in [0.25, 0.3) is 0 Å². The highest BCUT2D eigenvalue weighted by Crippen LogP contribution is 2.20. The molecule has 14 heteroatoms. The Morgan fingerprint density at radius 3 is 2.25 bits per heavy atom. The number of primary amides is 1. The highest BCUT2D eigenvalue weighted by Gasteiger charge is 2.30.